The summed E-state index contributed by atoms with van der Waals surface area (Å²) in [6, 6.07) is 0. The molecule has 0 aromatic carbocycles. The van der Waals surface area contributed by atoms with E-state index in [0.29, 0.717) is 11.7 Å². The molecule has 2 unspecified atom stereocenters. The van der Waals surface area contributed by atoms with E-state index in [-0.39, 0.29) is 6.10 Å². The minimum atomic E-state index is -0.604. The van der Waals surface area contributed by atoms with E-state index in [1.165, 1.54) is 0 Å². The number of methoxy groups -OCH3 is 1. The molecule has 0 aliphatic heterocycles. The number of imidazole rings is 1. The van der Waals surface area contributed by atoms with E-state index < -0.39 is 6.10 Å². The summed E-state index contributed by atoms with van der Waals surface area (Å²) in [5.41, 5.74) is 0. The number of hydrogen-bond acceptors (Lipinski definition) is 3. The Labute approximate surface area is 83.5 Å². The maximum atomic E-state index is 10.1. The van der Waals surface area contributed by atoms with Crippen molar-refractivity contribution >= 4 is 0 Å². The van der Waals surface area contributed by atoms with Crippen molar-refractivity contribution in [3.8, 4) is 0 Å². The Bertz CT molecular complexity index is 307. The number of aliphatic hydroxyl groups is 1. The van der Waals surface area contributed by atoms with Crippen molar-refractivity contribution in [2.24, 2.45) is 13.0 Å². The predicted octanol–water partition coefficient (Wildman–Crippen LogP) is 0.879. The first-order chi connectivity index (χ1) is 6.74. The van der Waals surface area contributed by atoms with Gasteiger partial charge in [0, 0.05) is 26.6 Å². The summed E-state index contributed by atoms with van der Waals surface area (Å²) >= 11 is 0. The van der Waals surface area contributed by atoms with E-state index in [9.17, 15) is 5.11 Å². The maximum Gasteiger partial charge on any atom is 0.140 e. The minimum Gasteiger partial charge on any atom is -0.382 e. The third-order valence-corrected chi connectivity index (χ3v) is 2.79. The van der Waals surface area contributed by atoms with Crippen molar-refractivity contribution in [3.05, 3.63) is 18.2 Å². The van der Waals surface area contributed by atoms with Crippen LogP contribution in [0.4, 0.5) is 0 Å². The summed E-state index contributed by atoms with van der Waals surface area (Å²) in [5.74, 6) is 1.19. The highest BCUT2D eigenvalue weighted by atomic mass is 16.5. The van der Waals surface area contributed by atoms with Crippen LogP contribution in [-0.2, 0) is 11.8 Å². The van der Waals surface area contributed by atoms with Crippen LogP contribution in [0.25, 0.3) is 0 Å². The van der Waals surface area contributed by atoms with Crippen LogP contribution in [0.15, 0.2) is 12.4 Å². The highest BCUT2D eigenvalue weighted by Crippen LogP contribution is 2.39. The lowest BCUT2D eigenvalue weighted by molar-refractivity contribution is -0.0311. The molecule has 0 saturated heterocycles. The van der Waals surface area contributed by atoms with Gasteiger partial charge in [-0.2, -0.15) is 0 Å². The van der Waals surface area contributed by atoms with Crippen LogP contribution < -0.4 is 0 Å². The molecule has 4 heteroatoms. The second-order valence-corrected chi connectivity index (χ2v) is 3.88. The van der Waals surface area contributed by atoms with Gasteiger partial charge in [0.15, 0.2) is 0 Å². The van der Waals surface area contributed by atoms with Crippen molar-refractivity contribution in [2.75, 3.05) is 7.11 Å². The van der Waals surface area contributed by atoms with Gasteiger partial charge in [-0.1, -0.05) is 0 Å². The second kappa shape index (κ2) is 3.71. The molecule has 0 amide bonds. The molecular formula is C10H16N2O2. The first kappa shape index (κ1) is 9.68. The number of nitrogens with zero attached hydrogens (tertiary/aromatic N) is 2. The van der Waals surface area contributed by atoms with Crippen LogP contribution in [0, 0.1) is 5.92 Å². The van der Waals surface area contributed by atoms with Gasteiger partial charge >= 0.3 is 0 Å². The van der Waals surface area contributed by atoms with Crippen LogP contribution in [0.5, 0.6) is 0 Å². The molecule has 0 bridgehead atoms. The van der Waals surface area contributed by atoms with Crippen molar-refractivity contribution in [3.63, 3.8) is 0 Å². The Kier molecular flexibility index (Phi) is 2.56. The SMILES string of the molecule is COC(C1CC1)C(O)c1nccn1C. The van der Waals surface area contributed by atoms with Crippen LogP contribution >= 0.6 is 0 Å². The summed E-state index contributed by atoms with van der Waals surface area (Å²) < 4.78 is 7.14. The number of hydrogen-bond donors (Lipinski definition) is 1. The Morgan fingerprint density at radius 1 is 1.64 bits per heavy atom. The molecule has 0 spiro atoms. The fourth-order valence-electron chi connectivity index (χ4n) is 1.81. The van der Waals surface area contributed by atoms with E-state index in [4.69, 9.17) is 4.74 Å². The topological polar surface area (TPSA) is 47.3 Å². The van der Waals surface area contributed by atoms with Gasteiger partial charge in [0.2, 0.25) is 0 Å². The summed E-state index contributed by atoms with van der Waals surface area (Å²) in [4.78, 5) is 4.13. The molecule has 2 atom stereocenters. The summed E-state index contributed by atoms with van der Waals surface area (Å²) in [6.07, 6.45) is 5.12. The van der Waals surface area contributed by atoms with Gasteiger partial charge in [-0.05, 0) is 18.8 Å². The molecule has 1 aromatic heterocycles. The molecule has 1 aromatic rings. The maximum absolute atomic E-state index is 10.1. The molecule has 2 rings (SSSR count). The fourth-order valence-corrected chi connectivity index (χ4v) is 1.81. The standard InChI is InChI=1S/C10H16N2O2/c1-12-6-5-11-10(12)8(13)9(14-2)7-3-4-7/h5-9,13H,3-4H2,1-2H3. The van der Waals surface area contributed by atoms with Crippen molar-refractivity contribution in [1.29, 1.82) is 0 Å². The molecule has 78 valence electrons. The van der Waals surface area contributed by atoms with Crippen LogP contribution in [-0.4, -0.2) is 27.9 Å². The molecule has 1 aliphatic carbocycles. The van der Waals surface area contributed by atoms with E-state index in [2.05, 4.69) is 4.98 Å². The zero-order chi connectivity index (χ0) is 10.1. The van der Waals surface area contributed by atoms with Crippen LogP contribution in [0.3, 0.4) is 0 Å². The van der Waals surface area contributed by atoms with Crippen molar-refractivity contribution in [1.82, 2.24) is 9.55 Å². The first-order valence-electron chi connectivity index (χ1n) is 4.92. The highest BCUT2D eigenvalue weighted by Gasteiger charge is 2.38. The molecule has 1 heterocycles. The number of aryl methyl sites for hydroxylation is 1. The molecule has 4 nitrogen and oxygen atoms in total. The van der Waals surface area contributed by atoms with Gasteiger partial charge in [-0.25, -0.2) is 4.98 Å². The summed E-state index contributed by atoms with van der Waals surface area (Å²) in [6.45, 7) is 0. The number of aromatic nitrogens is 2. The Hall–Kier alpha value is -0.870. The van der Waals surface area contributed by atoms with Gasteiger partial charge in [-0.3, -0.25) is 0 Å². The highest BCUT2D eigenvalue weighted by molar-refractivity contribution is 5.01. The zero-order valence-corrected chi connectivity index (χ0v) is 8.55. The van der Waals surface area contributed by atoms with Crippen LogP contribution in [0.1, 0.15) is 24.8 Å². The molecule has 1 fully saturated rings. The van der Waals surface area contributed by atoms with Gasteiger partial charge in [-0.15, -0.1) is 0 Å². The Balaban J connectivity index is 2.13. The van der Waals surface area contributed by atoms with Crippen molar-refractivity contribution < 1.29 is 9.84 Å². The smallest absolute Gasteiger partial charge is 0.140 e. The number of ether oxygens (including phenoxy) is 1. The van der Waals surface area contributed by atoms with Gasteiger partial charge in [0.05, 0.1) is 6.10 Å². The second-order valence-electron chi connectivity index (χ2n) is 3.88. The molecule has 14 heavy (non-hydrogen) atoms. The Morgan fingerprint density at radius 2 is 2.36 bits per heavy atom. The number of rotatable bonds is 4. The average Bonchev–Trinajstić information content (AvgIpc) is 2.90. The predicted molar refractivity (Wildman–Crippen MR) is 51.7 cm³/mol. The van der Waals surface area contributed by atoms with E-state index in [1.807, 2.05) is 17.8 Å². The molecule has 1 saturated carbocycles. The van der Waals surface area contributed by atoms with E-state index in [0.717, 1.165) is 12.8 Å². The zero-order valence-electron chi connectivity index (χ0n) is 8.55. The third-order valence-electron chi connectivity index (χ3n) is 2.79. The lowest BCUT2D eigenvalue weighted by Gasteiger charge is -2.20. The lowest BCUT2D eigenvalue weighted by Crippen LogP contribution is -2.25. The normalized spacial score (nSPS) is 20.8. The third kappa shape index (κ3) is 1.67. The lowest BCUT2D eigenvalue weighted by atomic mass is 10.1. The summed E-state index contributed by atoms with van der Waals surface area (Å²) in [5, 5.41) is 10.1. The van der Waals surface area contributed by atoms with Gasteiger partial charge < -0.3 is 14.4 Å². The van der Waals surface area contributed by atoms with Crippen molar-refractivity contribution in [2.45, 2.75) is 25.0 Å². The Morgan fingerprint density at radius 3 is 2.79 bits per heavy atom. The van der Waals surface area contributed by atoms with E-state index in [1.54, 1.807) is 13.3 Å². The molecule has 1 aliphatic rings. The monoisotopic (exact) mass is 196 g/mol. The van der Waals surface area contributed by atoms with Gasteiger partial charge in [0.1, 0.15) is 11.9 Å². The quantitative estimate of drug-likeness (QED) is 0.777. The fraction of sp³-hybridized carbons (Fsp3) is 0.700. The van der Waals surface area contributed by atoms with Crippen LogP contribution in [0.2, 0.25) is 0 Å². The average molecular weight is 196 g/mol. The number of aliphatic hydroxyl groups excluding tert-OH is 1. The molecular weight excluding hydrogens is 180 g/mol. The van der Waals surface area contributed by atoms with E-state index >= 15 is 0 Å². The largest absolute Gasteiger partial charge is 0.382 e. The minimum absolute atomic E-state index is 0.101. The molecule has 1 N–H and O–H groups in total. The van der Waals surface area contributed by atoms with Gasteiger partial charge in [0.25, 0.3) is 0 Å². The molecule has 0 radical (unpaired) electrons. The summed E-state index contributed by atoms with van der Waals surface area (Å²) in [7, 11) is 3.53. The first-order valence-corrected chi connectivity index (χ1v) is 4.92.